The Hall–Kier alpha value is -0.720. The molecule has 0 unspecified atom stereocenters. The van der Waals surface area contributed by atoms with Gasteiger partial charge in [-0.3, -0.25) is 0 Å². The first kappa shape index (κ1) is 6.96. The van der Waals surface area contributed by atoms with E-state index in [0.29, 0.717) is 0 Å². The smallest absolute Gasteiger partial charge is 0.0222 e. The van der Waals surface area contributed by atoms with Crippen molar-refractivity contribution >= 4 is 0 Å². The van der Waals surface area contributed by atoms with Gasteiger partial charge in [-0.2, -0.15) is 0 Å². The summed E-state index contributed by atoms with van der Waals surface area (Å²) < 4.78 is 2.42. The summed E-state index contributed by atoms with van der Waals surface area (Å²) in [5.41, 5.74) is 3.05. The van der Waals surface area contributed by atoms with Crippen molar-refractivity contribution in [1.29, 1.82) is 0 Å². The van der Waals surface area contributed by atoms with E-state index in [0.717, 1.165) is 0 Å². The third-order valence-corrected chi connectivity index (χ3v) is 2.53. The molecule has 0 saturated carbocycles. The van der Waals surface area contributed by atoms with Crippen molar-refractivity contribution in [2.45, 2.75) is 39.2 Å². The molecule has 1 aromatic rings. The lowest BCUT2D eigenvalue weighted by atomic mass is 10.1. The Morgan fingerprint density at radius 3 is 3.09 bits per heavy atom. The molecule has 1 aliphatic heterocycles. The first-order valence-electron chi connectivity index (χ1n) is 4.58. The molecule has 0 aromatic carbocycles. The van der Waals surface area contributed by atoms with Gasteiger partial charge in [0.1, 0.15) is 0 Å². The van der Waals surface area contributed by atoms with E-state index in [-0.39, 0.29) is 0 Å². The normalized spacial score (nSPS) is 16.5. The van der Waals surface area contributed by atoms with Crippen LogP contribution in [-0.2, 0) is 19.4 Å². The number of nitrogens with zero attached hydrogens (tertiary/aromatic N) is 1. The summed E-state index contributed by atoms with van der Waals surface area (Å²) in [4.78, 5) is 0. The van der Waals surface area contributed by atoms with Gasteiger partial charge in [0, 0.05) is 18.4 Å². The maximum absolute atomic E-state index is 2.42. The van der Waals surface area contributed by atoms with Gasteiger partial charge in [0.25, 0.3) is 0 Å². The molecule has 2 heterocycles. The van der Waals surface area contributed by atoms with Crippen molar-refractivity contribution in [2.75, 3.05) is 0 Å². The zero-order valence-corrected chi connectivity index (χ0v) is 7.14. The largest absolute Gasteiger partial charge is 0.351 e. The lowest BCUT2D eigenvalue weighted by Gasteiger charge is -2.13. The summed E-state index contributed by atoms with van der Waals surface area (Å²) in [6.45, 7) is 3.47. The molecule has 0 N–H and O–H groups in total. The van der Waals surface area contributed by atoms with Crippen LogP contribution in [0.5, 0.6) is 0 Å². The fourth-order valence-electron chi connectivity index (χ4n) is 1.82. The molecule has 0 radical (unpaired) electrons. The van der Waals surface area contributed by atoms with Gasteiger partial charge in [0.15, 0.2) is 0 Å². The van der Waals surface area contributed by atoms with E-state index in [4.69, 9.17) is 0 Å². The van der Waals surface area contributed by atoms with Crippen LogP contribution >= 0.6 is 0 Å². The molecule has 0 saturated heterocycles. The van der Waals surface area contributed by atoms with Gasteiger partial charge in [-0.15, -0.1) is 0 Å². The fourth-order valence-corrected chi connectivity index (χ4v) is 1.82. The average Bonchev–Trinajstić information content (AvgIpc) is 2.46. The third kappa shape index (κ3) is 1.20. The van der Waals surface area contributed by atoms with E-state index in [2.05, 4.69) is 23.8 Å². The zero-order valence-electron chi connectivity index (χ0n) is 7.14. The molecular weight excluding hydrogens is 134 g/mol. The maximum Gasteiger partial charge on any atom is 0.0222 e. The number of hydrogen-bond donors (Lipinski definition) is 0. The number of aryl methyl sites for hydroxylation is 3. The Morgan fingerprint density at radius 1 is 1.45 bits per heavy atom. The Kier molecular flexibility index (Phi) is 1.72. The van der Waals surface area contributed by atoms with E-state index in [1.165, 1.54) is 37.8 Å². The molecule has 1 heteroatoms. The summed E-state index contributed by atoms with van der Waals surface area (Å²) in [6, 6.07) is 2.36. The minimum atomic E-state index is 1.18. The van der Waals surface area contributed by atoms with Crippen LogP contribution in [-0.4, -0.2) is 4.57 Å². The number of aromatic nitrogens is 1. The summed E-state index contributed by atoms with van der Waals surface area (Å²) in [6.07, 6.45) is 7.53. The van der Waals surface area contributed by atoms with Crippen LogP contribution in [0.3, 0.4) is 0 Å². The van der Waals surface area contributed by atoms with Gasteiger partial charge in [0.2, 0.25) is 0 Å². The first-order valence-corrected chi connectivity index (χ1v) is 4.58. The molecule has 0 spiro atoms. The van der Waals surface area contributed by atoms with Gasteiger partial charge in [-0.25, -0.2) is 0 Å². The van der Waals surface area contributed by atoms with Crippen LogP contribution in [0, 0.1) is 0 Å². The standard InChI is InChI=1S/C10H15N/c1-2-9-7-10-5-3-4-6-11(10)8-9/h7-8H,2-6H2,1H3. The number of rotatable bonds is 1. The van der Waals surface area contributed by atoms with Crippen LogP contribution in [0.25, 0.3) is 0 Å². The minimum Gasteiger partial charge on any atom is -0.351 e. The predicted molar refractivity (Wildman–Crippen MR) is 46.7 cm³/mol. The Balaban J connectivity index is 2.32. The zero-order chi connectivity index (χ0) is 7.68. The van der Waals surface area contributed by atoms with Gasteiger partial charge < -0.3 is 4.57 Å². The predicted octanol–water partition coefficient (Wildman–Crippen LogP) is 2.39. The van der Waals surface area contributed by atoms with Gasteiger partial charge >= 0.3 is 0 Å². The molecule has 2 rings (SSSR count). The molecule has 0 fully saturated rings. The maximum atomic E-state index is 2.42. The molecule has 1 nitrogen and oxygen atoms in total. The Morgan fingerprint density at radius 2 is 2.36 bits per heavy atom. The molecule has 11 heavy (non-hydrogen) atoms. The topological polar surface area (TPSA) is 4.93 Å². The van der Waals surface area contributed by atoms with E-state index >= 15 is 0 Å². The van der Waals surface area contributed by atoms with Crippen LogP contribution in [0.4, 0.5) is 0 Å². The quantitative estimate of drug-likeness (QED) is 0.577. The molecule has 60 valence electrons. The Labute approximate surface area is 68.0 Å². The van der Waals surface area contributed by atoms with Crippen molar-refractivity contribution < 1.29 is 0 Å². The summed E-state index contributed by atoms with van der Waals surface area (Å²) in [7, 11) is 0. The van der Waals surface area contributed by atoms with Crippen LogP contribution in [0.2, 0.25) is 0 Å². The van der Waals surface area contributed by atoms with E-state index in [1.54, 1.807) is 5.69 Å². The molecule has 1 aliphatic rings. The molecule has 0 amide bonds. The monoisotopic (exact) mass is 149 g/mol. The second-order valence-corrected chi connectivity index (χ2v) is 3.34. The van der Waals surface area contributed by atoms with Crippen molar-refractivity contribution in [3.63, 3.8) is 0 Å². The Bertz CT molecular complexity index is 224. The summed E-state index contributed by atoms with van der Waals surface area (Å²) in [5.74, 6) is 0. The summed E-state index contributed by atoms with van der Waals surface area (Å²) >= 11 is 0. The molecule has 0 bridgehead atoms. The highest BCUT2D eigenvalue weighted by atomic mass is 15.0. The van der Waals surface area contributed by atoms with Gasteiger partial charge in [0.05, 0.1) is 0 Å². The highest BCUT2D eigenvalue weighted by Crippen LogP contribution is 2.17. The second kappa shape index (κ2) is 2.72. The minimum absolute atomic E-state index is 1.18. The highest BCUT2D eigenvalue weighted by Gasteiger charge is 2.08. The fraction of sp³-hybridized carbons (Fsp3) is 0.600. The van der Waals surface area contributed by atoms with Crippen molar-refractivity contribution in [3.05, 3.63) is 23.5 Å². The first-order chi connectivity index (χ1) is 5.40. The number of fused-ring (bicyclic) bond motifs is 1. The highest BCUT2D eigenvalue weighted by molar-refractivity contribution is 5.19. The third-order valence-electron chi connectivity index (χ3n) is 2.53. The van der Waals surface area contributed by atoms with Crippen molar-refractivity contribution in [3.8, 4) is 0 Å². The molecule has 0 atom stereocenters. The number of hydrogen-bond acceptors (Lipinski definition) is 0. The van der Waals surface area contributed by atoms with Crippen LogP contribution in [0.15, 0.2) is 12.3 Å². The van der Waals surface area contributed by atoms with E-state index in [1.807, 2.05) is 0 Å². The lowest BCUT2D eigenvalue weighted by Crippen LogP contribution is -2.07. The van der Waals surface area contributed by atoms with Gasteiger partial charge in [-0.1, -0.05) is 6.92 Å². The lowest BCUT2D eigenvalue weighted by molar-refractivity contribution is 0.533. The van der Waals surface area contributed by atoms with Crippen molar-refractivity contribution in [2.24, 2.45) is 0 Å². The molecular formula is C10H15N. The average molecular weight is 149 g/mol. The van der Waals surface area contributed by atoms with Crippen LogP contribution in [0.1, 0.15) is 31.0 Å². The van der Waals surface area contributed by atoms with Crippen LogP contribution < -0.4 is 0 Å². The molecule has 0 aliphatic carbocycles. The second-order valence-electron chi connectivity index (χ2n) is 3.34. The van der Waals surface area contributed by atoms with Gasteiger partial charge in [-0.05, 0) is 37.3 Å². The summed E-state index contributed by atoms with van der Waals surface area (Å²) in [5, 5.41) is 0. The van der Waals surface area contributed by atoms with E-state index in [9.17, 15) is 0 Å². The molecule has 1 aromatic heterocycles. The van der Waals surface area contributed by atoms with E-state index < -0.39 is 0 Å². The van der Waals surface area contributed by atoms with Crippen molar-refractivity contribution in [1.82, 2.24) is 4.57 Å². The SMILES string of the molecule is CCc1cc2n(c1)CCCC2.